The minimum Gasteiger partial charge on any atom is -0.398 e. The molecule has 0 bridgehead atoms. The third kappa shape index (κ3) is 3.84. The van der Waals surface area contributed by atoms with Crippen LogP contribution in [-0.4, -0.2) is 12.5 Å². The molecule has 0 aliphatic rings. The van der Waals surface area contributed by atoms with Gasteiger partial charge in [0.1, 0.15) is 0 Å². The first-order valence-corrected chi connectivity index (χ1v) is 5.73. The molecule has 0 aliphatic heterocycles. The van der Waals surface area contributed by atoms with Gasteiger partial charge in [-0.25, -0.2) is 0 Å². The number of amides is 1. The van der Waals surface area contributed by atoms with Gasteiger partial charge in [-0.05, 0) is 31.4 Å². The summed E-state index contributed by atoms with van der Waals surface area (Å²) in [4.78, 5) is 11.9. The van der Waals surface area contributed by atoms with Crippen LogP contribution in [0.4, 0.5) is 5.69 Å². The van der Waals surface area contributed by atoms with Crippen LogP contribution in [0.15, 0.2) is 18.2 Å². The van der Waals surface area contributed by atoms with Gasteiger partial charge in [-0.2, -0.15) is 0 Å². The first-order valence-electron chi connectivity index (χ1n) is 5.73. The first kappa shape index (κ1) is 13.1. The Labute approximate surface area is 102 Å². The van der Waals surface area contributed by atoms with Gasteiger partial charge in [-0.15, -0.1) is 12.3 Å². The molecule has 0 radical (unpaired) electrons. The van der Waals surface area contributed by atoms with Crippen molar-refractivity contribution < 1.29 is 4.79 Å². The molecule has 3 N–H and O–H groups in total. The van der Waals surface area contributed by atoms with E-state index in [-0.39, 0.29) is 5.91 Å². The van der Waals surface area contributed by atoms with Crippen LogP contribution in [0, 0.1) is 19.3 Å². The Hall–Kier alpha value is -1.95. The Morgan fingerprint density at radius 3 is 2.88 bits per heavy atom. The van der Waals surface area contributed by atoms with E-state index in [2.05, 4.69) is 11.2 Å². The number of benzene rings is 1. The van der Waals surface area contributed by atoms with Gasteiger partial charge >= 0.3 is 0 Å². The lowest BCUT2D eigenvalue weighted by atomic mass is 10.1. The van der Waals surface area contributed by atoms with Crippen molar-refractivity contribution in [2.75, 3.05) is 12.3 Å². The van der Waals surface area contributed by atoms with Gasteiger partial charge in [0, 0.05) is 18.7 Å². The van der Waals surface area contributed by atoms with Crippen molar-refractivity contribution in [3.63, 3.8) is 0 Å². The standard InChI is InChI=1S/C14H18N2O/c1-3-4-5-6-10-16-14(17)13-11(2)8-7-9-12(13)15/h1,7-9H,4-6,10,15H2,2H3,(H,16,17). The molecular weight excluding hydrogens is 212 g/mol. The number of nitrogens with one attached hydrogen (secondary N) is 1. The Kier molecular flexibility index (Phi) is 5.09. The van der Waals surface area contributed by atoms with Gasteiger partial charge in [0.25, 0.3) is 5.91 Å². The minimum atomic E-state index is -0.110. The molecule has 3 nitrogen and oxygen atoms in total. The second kappa shape index (κ2) is 6.59. The number of nitrogens with two attached hydrogens (primary N) is 1. The van der Waals surface area contributed by atoms with Crippen molar-refractivity contribution in [3.8, 4) is 12.3 Å². The maximum Gasteiger partial charge on any atom is 0.253 e. The van der Waals surface area contributed by atoms with E-state index in [4.69, 9.17) is 12.2 Å². The number of rotatable bonds is 5. The van der Waals surface area contributed by atoms with Crippen LogP contribution < -0.4 is 11.1 Å². The van der Waals surface area contributed by atoms with E-state index in [0.717, 1.165) is 24.8 Å². The zero-order valence-corrected chi connectivity index (χ0v) is 10.1. The normalized spacial score (nSPS) is 9.65. The lowest BCUT2D eigenvalue weighted by Crippen LogP contribution is -2.26. The average Bonchev–Trinajstić information content (AvgIpc) is 2.28. The fourth-order valence-corrected chi connectivity index (χ4v) is 1.64. The van der Waals surface area contributed by atoms with E-state index in [9.17, 15) is 4.79 Å². The molecule has 0 spiro atoms. The van der Waals surface area contributed by atoms with Crippen molar-refractivity contribution in [3.05, 3.63) is 29.3 Å². The molecule has 0 saturated heterocycles. The van der Waals surface area contributed by atoms with Crippen molar-refractivity contribution in [2.24, 2.45) is 0 Å². The van der Waals surface area contributed by atoms with Crippen LogP contribution in [0.3, 0.4) is 0 Å². The molecule has 0 unspecified atom stereocenters. The number of terminal acetylenes is 1. The zero-order valence-electron chi connectivity index (χ0n) is 10.1. The molecule has 0 fully saturated rings. The minimum absolute atomic E-state index is 0.110. The number of carbonyl (C=O) groups excluding carboxylic acids is 1. The van der Waals surface area contributed by atoms with Crippen molar-refractivity contribution in [1.29, 1.82) is 0 Å². The summed E-state index contributed by atoms with van der Waals surface area (Å²) >= 11 is 0. The molecule has 1 aromatic rings. The number of carbonyl (C=O) groups is 1. The quantitative estimate of drug-likeness (QED) is 0.462. The number of nitrogen functional groups attached to an aromatic ring is 1. The van der Waals surface area contributed by atoms with Gasteiger partial charge < -0.3 is 11.1 Å². The SMILES string of the molecule is C#CCCCCNC(=O)c1c(C)cccc1N. The summed E-state index contributed by atoms with van der Waals surface area (Å²) in [6.45, 7) is 2.51. The van der Waals surface area contributed by atoms with Gasteiger partial charge in [0.2, 0.25) is 0 Å². The summed E-state index contributed by atoms with van der Waals surface area (Å²) < 4.78 is 0. The lowest BCUT2D eigenvalue weighted by molar-refractivity contribution is 0.0953. The Morgan fingerprint density at radius 2 is 2.24 bits per heavy atom. The van der Waals surface area contributed by atoms with E-state index in [1.54, 1.807) is 6.07 Å². The Bertz CT molecular complexity index is 412. The highest BCUT2D eigenvalue weighted by atomic mass is 16.1. The molecule has 17 heavy (non-hydrogen) atoms. The summed E-state index contributed by atoms with van der Waals surface area (Å²) in [6.07, 6.45) is 7.72. The largest absolute Gasteiger partial charge is 0.398 e. The number of hydrogen-bond acceptors (Lipinski definition) is 2. The van der Waals surface area contributed by atoms with Gasteiger partial charge in [-0.1, -0.05) is 12.1 Å². The highest BCUT2D eigenvalue weighted by molar-refractivity contribution is 6.00. The second-order valence-electron chi connectivity index (χ2n) is 3.96. The van der Waals surface area contributed by atoms with E-state index < -0.39 is 0 Å². The maximum atomic E-state index is 11.9. The summed E-state index contributed by atoms with van der Waals surface area (Å²) in [5, 5.41) is 2.85. The van der Waals surface area contributed by atoms with Gasteiger partial charge in [-0.3, -0.25) is 4.79 Å². The molecular formula is C14H18N2O. The summed E-state index contributed by atoms with van der Waals surface area (Å²) in [5.41, 5.74) is 7.77. The Balaban J connectivity index is 2.51. The van der Waals surface area contributed by atoms with Crippen LogP contribution in [0.25, 0.3) is 0 Å². The topological polar surface area (TPSA) is 55.1 Å². The van der Waals surface area contributed by atoms with Gasteiger partial charge in [0.05, 0.1) is 5.56 Å². The van der Waals surface area contributed by atoms with E-state index >= 15 is 0 Å². The zero-order chi connectivity index (χ0) is 12.7. The highest BCUT2D eigenvalue weighted by Gasteiger charge is 2.11. The molecule has 0 atom stereocenters. The number of unbranched alkanes of at least 4 members (excludes halogenated alkanes) is 2. The van der Waals surface area contributed by atoms with E-state index in [1.165, 1.54) is 0 Å². The van der Waals surface area contributed by atoms with Crippen LogP contribution >= 0.6 is 0 Å². The van der Waals surface area contributed by atoms with Crippen molar-refractivity contribution in [1.82, 2.24) is 5.32 Å². The average molecular weight is 230 g/mol. The second-order valence-corrected chi connectivity index (χ2v) is 3.96. The third-order valence-corrected chi connectivity index (χ3v) is 2.57. The molecule has 1 aromatic carbocycles. The monoisotopic (exact) mass is 230 g/mol. The molecule has 0 heterocycles. The molecule has 0 saturated carbocycles. The van der Waals surface area contributed by atoms with Crippen LogP contribution in [0.5, 0.6) is 0 Å². The van der Waals surface area contributed by atoms with Crippen molar-refractivity contribution in [2.45, 2.75) is 26.2 Å². The fourth-order valence-electron chi connectivity index (χ4n) is 1.64. The summed E-state index contributed by atoms with van der Waals surface area (Å²) in [6, 6.07) is 5.46. The predicted molar refractivity (Wildman–Crippen MR) is 70.6 cm³/mol. The summed E-state index contributed by atoms with van der Waals surface area (Å²) in [7, 11) is 0. The number of hydrogen-bond donors (Lipinski definition) is 2. The first-order chi connectivity index (χ1) is 8.16. The third-order valence-electron chi connectivity index (χ3n) is 2.57. The molecule has 1 amide bonds. The smallest absolute Gasteiger partial charge is 0.253 e. The maximum absolute atomic E-state index is 11.9. The Morgan fingerprint density at radius 1 is 1.47 bits per heavy atom. The molecule has 0 aromatic heterocycles. The van der Waals surface area contributed by atoms with Crippen LogP contribution in [0.1, 0.15) is 35.2 Å². The molecule has 90 valence electrons. The molecule has 3 heteroatoms. The van der Waals surface area contributed by atoms with E-state index in [1.807, 2.05) is 19.1 Å². The lowest BCUT2D eigenvalue weighted by Gasteiger charge is -2.09. The number of aryl methyl sites for hydroxylation is 1. The van der Waals surface area contributed by atoms with E-state index in [0.29, 0.717) is 17.8 Å². The number of anilines is 1. The van der Waals surface area contributed by atoms with Crippen LogP contribution in [0.2, 0.25) is 0 Å². The highest BCUT2D eigenvalue weighted by Crippen LogP contribution is 2.15. The predicted octanol–water partition coefficient (Wildman–Crippen LogP) is 2.11. The summed E-state index contributed by atoms with van der Waals surface area (Å²) in [5.74, 6) is 2.46. The van der Waals surface area contributed by atoms with Crippen molar-refractivity contribution >= 4 is 11.6 Å². The van der Waals surface area contributed by atoms with Gasteiger partial charge in [0.15, 0.2) is 0 Å². The molecule has 1 rings (SSSR count). The molecule has 0 aliphatic carbocycles. The fraction of sp³-hybridized carbons (Fsp3) is 0.357. The van der Waals surface area contributed by atoms with Crippen LogP contribution in [-0.2, 0) is 0 Å².